The third-order valence-electron chi connectivity index (χ3n) is 8.01. The first-order valence-electron chi connectivity index (χ1n) is 18.1. The lowest BCUT2D eigenvalue weighted by Gasteiger charge is -2.05. The highest BCUT2D eigenvalue weighted by Crippen LogP contribution is 2.64. The van der Waals surface area contributed by atoms with Crippen LogP contribution in [0.3, 0.4) is 0 Å². The lowest BCUT2D eigenvalue weighted by atomic mass is 10.1. The summed E-state index contributed by atoms with van der Waals surface area (Å²) in [6.07, 6.45) is 32.8. The summed E-state index contributed by atoms with van der Waals surface area (Å²) in [5, 5.41) is 0. The van der Waals surface area contributed by atoms with Crippen molar-refractivity contribution in [1.29, 1.82) is 0 Å². The number of hydrogen-bond acceptors (Lipinski definition) is 8. The molecule has 2 rings (SSSR count). The summed E-state index contributed by atoms with van der Waals surface area (Å²) in [6, 6.07) is 0. The van der Waals surface area contributed by atoms with Gasteiger partial charge in [0.1, 0.15) is 0 Å². The maximum atomic E-state index is 4.33. The molecule has 2 aliphatic rings. The quantitative estimate of drug-likeness (QED) is 0.0550. The molecule has 8 heteroatoms. The third kappa shape index (κ3) is 19.9. The van der Waals surface area contributed by atoms with Crippen molar-refractivity contribution in [3.05, 3.63) is 26.8 Å². The molecule has 0 unspecified atom stereocenters. The number of thiol groups is 2. The molecule has 0 N–H and O–H groups in total. The molecule has 0 radical (unpaired) electrons. The van der Waals surface area contributed by atoms with Crippen LogP contribution in [-0.4, -0.2) is 23.0 Å². The van der Waals surface area contributed by atoms with Crippen molar-refractivity contribution < 1.29 is 0 Å². The summed E-state index contributed by atoms with van der Waals surface area (Å²) in [7, 11) is 0. The number of rotatable bonds is 30. The molecule has 0 amide bonds. The monoisotopic (exact) mass is 752 g/mol. The van der Waals surface area contributed by atoms with Gasteiger partial charge in [0.2, 0.25) is 0 Å². The van der Waals surface area contributed by atoms with Crippen molar-refractivity contribution in [3.63, 3.8) is 0 Å². The molecule has 0 atom stereocenters. The van der Waals surface area contributed by atoms with Gasteiger partial charge < -0.3 is 0 Å². The van der Waals surface area contributed by atoms with Gasteiger partial charge in [-0.2, -0.15) is 25.3 Å². The molecule has 0 bridgehead atoms. The van der Waals surface area contributed by atoms with E-state index in [0.717, 1.165) is 11.5 Å². The minimum atomic E-state index is 1.05. The Morgan fingerprint density at radius 1 is 0.409 bits per heavy atom. The number of thioether (sulfide) groups is 6. The second kappa shape index (κ2) is 29.9. The Bertz CT molecular complexity index is 753. The number of unbranched alkanes of at least 4 members (excludes halogenated alkanes) is 18. The largest absolute Gasteiger partial charge is 0.179 e. The Balaban J connectivity index is 1.74. The highest BCUT2D eigenvalue weighted by Gasteiger charge is 2.29. The molecule has 0 aliphatic carbocycles. The van der Waals surface area contributed by atoms with Gasteiger partial charge in [-0.3, -0.25) is 0 Å². The fraction of sp³-hybridized carbons (Fsp3) is 0.833. The molecule has 0 nitrogen and oxygen atoms in total. The summed E-state index contributed by atoms with van der Waals surface area (Å²) in [5.74, 6) is 4.69. The highest BCUT2D eigenvalue weighted by atomic mass is 32.2. The zero-order chi connectivity index (χ0) is 31.5. The molecule has 0 spiro atoms. The third-order valence-corrected chi connectivity index (χ3v) is 17.6. The predicted molar refractivity (Wildman–Crippen MR) is 226 cm³/mol. The van der Waals surface area contributed by atoms with Gasteiger partial charge in [-0.15, -0.1) is 23.5 Å². The second-order valence-electron chi connectivity index (χ2n) is 12.1. The first-order chi connectivity index (χ1) is 21.7. The fourth-order valence-corrected chi connectivity index (χ4v) is 14.8. The van der Waals surface area contributed by atoms with Crippen LogP contribution in [0.4, 0.5) is 0 Å². The van der Waals surface area contributed by atoms with Crippen molar-refractivity contribution in [2.75, 3.05) is 23.0 Å². The Morgan fingerprint density at radius 3 is 1.05 bits per heavy atom. The van der Waals surface area contributed by atoms with Crippen LogP contribution in [-0.2, 0) is 0 Å². The Kier molecular flexibility index (Phi) is 28.7. The smallest absolute Gasteiger partial charge is 0.0708 e. The maximum Gasteiger partial charge on any atom is 0.0708 e. The van der Waals surface area contributed by atoms with Crippen molar-refractivity contribution in [1.82, 2.24) is 0 Å². The first-order valence-corrected chi connectivity index (χ1v) is 24.6. The van der Waals surface area contributed by atoms with E-state index in [4.69, 9.17) is 0 Å². The van der Waals surface area contributed by atoms with Gasteiger partial charge in [-0.05, 0) is 74.4 Å². The summed E-state index contributed by atoms with van der Waals surface area (Å²) >= 11 is 21.5. The van der Waals surface area contributed by atoms with Crippen molar-refractivity contribution in [2.24, 2.45) is 0 Å². The minimum Gasteiger partial charge on any atom is -0.179 e. The summed E-state index contributed by atoms with van der Waals surface area (Å²) < 4.78 is 6.44. The van der Waals surface area contributed by atoms with E-state index in [2.05, 4.69) is 110 Å². The molecular weight excluding hydrogens is 689 g/mol. The van der Waals surface area contributed by atoms with Crippen LogP contribution >= 0.6 is 95.8 Å². The summed E-state index contributed by atoms with van der Waals surface area (Å²) in [5.41, 5.74) is 0. The van der Waals surface area contributed by atoms with E-state index >= 15 is 0 Å². The molecule has 0 fully saturated rings. The molecule has 256 valence electrons. The van der Waals surface area contributed by atoms with E-state index in [-0.39, 0.29) is 0 Å². The molecule has 2 aliphatic heterocycles. The SMILES string of the molecule is CCCCC1=C(SCCCCCCCCCCCS)S/C(=C2\SC(CCCC)=C(SCCCCCCCCCCCS)S2)S1. The van der Waals surface area contributed by atoms with Crippen LogP contribution in [0.5, 0.6) is 0 Å². The van der Waals surface area contributed by atoms with Gasteiger partial charge in [0, 0.05) is 9.81 Å². The van der Waals surface area contributed by atoms with E-state index < -0.39 is 0 Å². The topological polar surface area (TPSA) is 0 Å². The zero-order valence-corrected chi connectivity index (χ0v) is 34.8. The van der Waals surface area contributed by atoms with Gasteiger partial charge in [-0.1, -0.05) is 164 Å². The molecule has 0 saturated carbocycles. The molecule has 0 aromatic heterocycles. The molecule has 0 aromatic rings. The van der Waals surface area contributed by atoms with Gasteiger partial charge >= 0.3 is 0 Å². The molecule has 44 heavy (non-hydrogen) atoms. The lowest BCUT2D eigenvalue weighted by Crippen LogP contribution is -1.85. The second-order valence-corrected chi connectivity index (χ2v) is 20.5. The summed E-state index contributed by atoms with van der Waals surface area (Å²) in [6.45, 7) is 4.67. The first kappa shape index (κ1) is 42.2. The number of allylic oxidation sites excluding steroid dienone is 2. The van der Waals surface area contributed by atoms with Gasteiger partial charge in [-0.25, -0.2) is 0 Å². The van der Waals surface area contributed by atoms with Crippen LogP contribution in [0.25, 0.3) is 0 Å². The van der Waals surface area contributed by atoms with Crippen molar-refractivity contribution in [2.45, 2.75) is 168 Å². The van der Waals surface area contributed by atoms with Crippen LogP contribution < -0.4 is 0 Å². The van der Waals surface area contributed by atoms with Crippen LogP contribution in [0.15, 0.2) is 26.8 Å². The predicted octanol–water partition coefficient (Wildman–Crippen LogP) is 16.1. The molecule has 2 heterocycles. The fourth-order valence-electron chi connectivity index (χ4n) is 5.23. The van der Waals surface area contributed by atoms with E-state index in [9.17, 15) is 0 Å². The standard InChI is InChI=1S/C36H64S8/c1-3-5-25-31-33(39-29-23-19-15-11-7-9-13-17-21-27-37)43-35(41-31)36-42-32(26-6-4-2)34(44-36)40-30-24-20-16-12-8-10-14-18-22-28-38/h37-38H,3-30H2,1-2H3/b36-35+. The average molecular weight is 753 g/mol. The van der Waals surface area contributed by atoms with Crippen molar-refractivity contribution >= 4 is 95.8 Å². The van der Waals surface area contributed by atoms with Crippen LogP contribution in [0, 0.1) is 0 Å². The van der Waals surface area contributed by atoms with Crippen molar-refractivity contribution in [3.8, 4) is 0 Å². The zero-order valence-electron chi connectivity index (χ0n) is 28.1. The normalized spacial score (nSPS) is 17.2. The average Bonchev–Trinajstić information content (AvgIpc) is 3.64. The number of hydrogen-bond donors (Lipinski definition) is 2. The Morgan fingerprint density at radius 2 is 0.727 bits per heavy atom. The van der Waals surface area contributed by atoms with E-state index in [1.807, 2.05) is 0 Å². The van der Waals surface area contributed by atoms with Crippen LogP contribution in [0.1, 0.15) is 168 Å². The molecular formula is C36H64S8. The maximum absolute atomic E-state index is 4.33. The van der Waals surface area contributed by atoms with E-state index in [1.54, 1.807) is 26.8 Å². The van der Waals surface area contributed by atoms with Gasteiger partial charge in [0.25, 0.3) is 0 Å². The van der Waals surface area contributed by atoms with E-state index in [1.165, 1.54) is 166 Å². The Hall–Kier alpha value is 2.02. The highest BCUT2D eigenvalue weighted by molar-refractivity contribution is 8.40. The summed E-state index contributed by atoms with van der Waals surface area (Å²) in [4.78, 5) is 3.34. The van der Waals surface area contributed by atoms with Gasteiger partial charge in [0.05, 0.1) is 16.9 Å². The molecule has 0 aromatic carbocycles. The van der Waals surface area contributed by atoms with Gasteiger partial charge in [0.15, 0.2) is 0 Å². The lowest BCUT2D eigenvalue weighted by molar-refractivity contribution is 0.574. The molecule has 0 saturated heterocycles. The minimum absolute atomic E-state index is 1.05. The van der Waals surface area contributed by atoms with E-state index in [0.29, 0.717) is 0 Å². The van der Waals surface area contributed by atoms with Crippen LogP contribution in [0.2, 0.25) is 0 Å². The Labute approximate surface area is 310 Å².